The van der Waals surface area contributed by atoms with E-state index < -0.39 is 14.8 Å². The highest BCUT2D eigenvalue weighted by Crippen LogP contribution is 2.24. The van der Waals surface area contributed by atoms with Crippen LogP contribution in [0.1, 0.15) is 56.5 Å². The van der Waals surface area contributed by atoms with Crippen molar-refractivity contribution in [3.05, 3.63) is 41.6 Å². The second-order valence-corrected chi connectivity index (χ2v) is 9.01. The predicted molar refractivity (Wildman–Crippen MR) is 95.0 cm³/mol. The van der Waals surface area contributed by atoms with Gasteiger partial charge >= 0.3 is 0 Å². The Labute approximate surface area is 139 Å². The Kier molecular flexibility index (Phi) is 5.99. The topological polar surface area (TPSA) is 75.3 Å². The summed E-state index contributed by atoms with van der Waals surface area (Å²) in [5.74, 6) is -0.362. The fraction of sp³-hybridized carbons (Fsp3) is 0.471. The van der Waals surface area contributed by atoms with E-state index in [4.69, 9.17) is 0 Å². The van der Waals surface area contributed by atoms with E-state index in [0.717, 1.165) is 12.0 Å². The number of anilines is 1. The summed E-state index contributed by atoms with van der Waals surface area (Å²) in [6.45, 7) is 12.5. The molecule has 0 aliphatic rings. The Hall–Kier alpha value is -1.82. The van der Waals surface area contributed by atoms with Crippen molar-refractivity contribution in [3.63, 3.8) is 0 Å². The van der Waals surface area contributed by atoms with E-state index in [1.165, 1.54) is 0 Å². The van der Waals surface area contributed by atoms with Gasteiger partial charge in [-0.2, -0.15) is 0 Å². The van der Waals surface area contributed by atoms with Crippen LogP contribution in [0, 0.1) is 6.92 Å². The van der Waals surface area contributed by atoms with Crippen molar-refractivity contribution in [1.29, 1.82) is 0 Å². The van der Waals surface area contributed by atoms with Gasteiger partial charge in [0.05, 0.1) is 16.0 Å². The summed E-state index contributed by atoms with van der Waals surface area (Å²) in [6, 6.07) is 5.03. The van der Waals surface area contributed by atoms with Crippen LogP contribution < -0.4 is 10.0 Å². The number of nitrogens with one attached hydrogen (secondary N) is 2. The molecule has 1 aromatic carbocycles. The number of hydrogen-bond donors (Lipinski definition) is 2. The van der Waals surface area contributed by atoms with Crippen LogP contribution in [0.15, 0.2) is 30.5 Å². The molecule has 0 bridgehead atoms. The van der Waals surface area contributed by atoms with Gasteiger partial charge in [-0.3, -0.25) is 9.52 Å². The molecule has 0 unspecified atom stereocenters. The zero-order valence-electron chi connectivity index (χ0n) is 14.5. The number of sulfonamides is 1. The lowest BCUT2D eigenvalue weighted by Crippen LogP contribution is -2.34. The third-order valence-electron chi connectivity index (χ3n) is 3.31. The molecule has 128 valence electrons. The van der Waals surface area contributed by atoms with Crippen molar-refractivity contribution in [2.75, 3.05) is 4.72 Å². The molecule has 0 spiro atoms. The predicted octanol–water partition coefficient (Wildman–Crippen LogP) is 3.58. The molecule has 0 saturated carbocycles. The second-order valence-electron chi connectivity index (χ2n) is 6.57. The molecule has 0 aromatic heterocycles. The summed E-state index contributed by atoms with van der Waals surface area (Å²) in [5.41, 5.74) is 2.04. The molecule has 0 atom stereocenters. The van der Waals surface area contributed by atoms with E-state index in [9.17, 15) is 13.2 Å². The molecule has 1 amide bonds. The summed E-state index contributed by atoms with van der Waals surface area (Å²) >= 11 is 0. The smallest absolute Gasteiger partial charge is 0.257 e. The van der Waals surface area contributed by atoms with Crippen LogP contribution >= 0.6 is 0 Å². The summed E-state index contributed by atoms with van der Waals surface area (Å²) in [6.07, 6.45) is 1.55. The lowest BCUT2D eigenvalue weighted by molar-refractivity contribution is 0.0965. The lowest BCUT2D eigenvalue weighted by Gasteiger charge is -2.22. The SMILES string of the molecule is C=C(CCC)NC(=O)c1cc(C)ccc1NS(=O)(=O)C(C)(C)C. The number of benzene rings is 1. The molecule has 2 N–H and O–H groups in total. The maximum absolute atomic E-state index is 12.4. The Morgan fingerprint density at radius 1 is 1.26 bits per heavy atom. The number of carbonyl (C=O) groups excluding carboxylic acids is 1. The fourth-order valence-corrected chi connectivity index (χ4v) is 2.60. The molecule has 0 heterocycles. The van der Waals surface area contributed by atoms with Crippen LogP contribution in [-0.2, 0) is 10.0 Å². The highest BCUT2D eigenvalue weighted by Gasteiger charge is 2.30. The number of carbonyl (C=O) groups is 1. The molecule has 5 nitrogen and oxygen atoms in total. The van der Waals surface area contributed by atoms with Gasteiger partial charge in [-0.25, -0.2) is 8.42 Å². The first-order valence-electron chi connectivity index (χ1n) is 7.60. The Morgan fingerprint density at radius 2 is 1.87 bits per heavy atom. The molecule has 1 rings (SSSR count). The molecule has 0 aliphatic heterocycles. The van der Waals surface area contributed by atoms with Gasteiger partial charge in [0, 0.05) is 5.70 Å². The highest BCUT2D eigenvalue weighted by molar-refractivity contribution is 7.94. The normalized spacial score (nSPS) is 11.9. The first kappa shape index (κ1) is 19.2. The van der Waals surface area contributed by atoms with Crippen LogP contribution in [0.25, 0.3) is 0 Å². The molecular formula is C17H26N2O3S. The van der Waals surface area contributed by atoms with Crippen molar-refractivity contribution in [2.45, 2.75) is 52.2 Å². The van der Waals surface area contributed by atoms with Gasteiger partial charge in [-0.05, 0) is 46.2 Å². The summed E-state index contributed by atoms with van der Waals surface area (Å²) in [5, 5.41) is 2.72. The largest absolute Gasteiger partial charge is 0.326 e. The fourth-order valence-electron chi connectivity index (χ4n) is 1.82. The maximum atomic E-state index is 12.4. The van der Waals surface area contributed by atoms with Crippen molar-refractivity contribution >= 4 is 21.6 Å². The van der Waals surface area contributed by atoms with E-state index in [2.05, 4.69) is 16.6 Å². The number of aryl methyl sites for hydroxylation is 1. The quantitative estimate of drug-likeness (QED) is 0.832. The maximum Gasteiger partial charge on any atom is 0.257 e. The molecule has 1 aromatic rings. The van der Waals surface area contributed by atoms with Gasteiger partial charge in [-0.15, -0.1) is 0 Å². The minimum atomic E-state index is -3.61. The molecule has 0 aliphatic carbocycles. The van der Waals surface area contributed by atoms with Gasteiger partial charge in [0.2, 0.25) is 10.0 Å². The number of hydrogen-bond acceptors (Lipinski definition) is 3. The summed E-state index contributed by atoms with van der Waals surface area (Å²) < 4.78 is 26.2. The third kappa shape index (κ3) is 5.10. The van der Waals surface area contributed by atoms with Gasteiger partial charge in [0.25, 0.3) is 5.91 Å². The number of amides is 1. The van der Waals surface area contributed by atoms with Crippen molar-refractivity contribution in [3.8, 4) is 0 Å². The average Bonchev–Trinajstić information content (AvgIpc) is 2.39. The first-order chi connectivity index (χ1) is 10.5. The number of allylic oxidation sites excluding steroid dienone is 1. The Morgan fingerprint density at radius 3 is 2.39 bits per heavy atom. The minimum Gasteiger partial charge on any atom is -0.326 e. The van der Waals surface area contributed by atoms with Crippen LogP contribution in [0.5, 0.6) is 0 Å². The van der Waals surface area contributed by atoms with Gasteiger partial charge in [-0.1, -0.05) is 31.6 Å². The average molecular weight is 338 g/mol. The third-order valence-corrected chi connectivity index (χ3v) is 5.41. The van der Waals surface area contributed by atoms with Crippen molar-refractivity contribution < 1.29 is 13.2 Å². The summed E-state index contributed by atoms with van der Waals surface area (Å²) in [7, 11) is -3.61. The first-order valence-corrected chi connectivity index (χ1v) is 9.08. The van der Waals surface area contributed by atoms with Gasteiger partial charge in [0.1, 0.15) is 0 Å². The summed E-state index contributed by atoms with van der Waals surface area (Å²) in [4.78, 5) is 12.4. The van der Waals surface area contributed by atoms with E-state index in [-0.39, 0.29) is 17.2 Å². The van der Waals surface area contributed by atoms with E-state index in [1.54, 1.807) is 39.0 Å². The van der Waals surface area contributed by atoms with Gasteiger partial charge in [0.15, 0.2) is 0 Å². The zero-order valence-corrected chi connectivity index (χ0v) is 15.3. The monoisotopic (exact) mass is 338 g/mol. The zero-order chi connectivity index (χ0) is 17.8. The number of rotatable bonds is 6. The molecule has 0 fully saturated rings. The van der Waals surface area contributed by atoms with E-state index in [0.29, 0.717) is 12.1 Å². The highest BCUT2D eigenvalue weighted by atomic mass is 32.2. The Bertz CT molecular complexity index is 701. The minimum absolute atomic E-state index is 0.271. The van der Waals surface area contributed by atoms with Crippen LogP contribution in [0.2, 0.25) is 0 Å². The molecule has 6 heteroatoms. The van der Waals surface area contributed by atoms with Crippen LogP contribution in [0.4, 0.5) is 5.69 Å². The van der Waals surface area contributed by atoms with Crippen molar-refractivity contribution in [2.24, 2.45) is 0 Å². The Balaban J connectivity index is 3.16. The van der Waals surface area contributed by atoms with E-state index in [1.807, 2.05) is 13.8 Å². The van der Waals surface area contributed by atoms with Gasteiger partial charge < -0.3 is 5.32 Å². The van der Waals surface area contributed by atoms with Crippen molar-refractivity contribution in [1.82, 2.24) is 5.32 Å². The standard InChI is InChI=1S/C17H26N2O3S/c1-7-8-13(3)18-16(20)14-11-12(2)9-10-15(14)19-23(21,22)17(4,5)6/h9-11,19H,3,7-8H2,1-2,4-6H3,(H,18,20). The second kappa shape index (κ2) is 7.17. The van der Waals surface area contributed by atoms with Crippen LogP contribution in [0.3, 0.4) is 0 Å². The lowest BCUT2D eigenvalue weighted by atomic mass is 10.1. The molecular weight excluding hydrogens is 312 g/mol. The van der Waals surface area contributed by atoms with E-state index >= 15 is 0 Å². The molecule has 0 radical (unpaired) electrons. The molecule has 0 saturated heterocycles. The van der Waals surface area contributed by atoms with Crippen LogP contribution in [-0.4, -0.2) is 19.1 Å². The molecule has 23 heavy (non-hydrogen) atoms.